The Morgan fingerprint density at radius 3 is 2.82 bits per heavy atom. The van der Waals surface area contributed by atoms with E-state index in [4.69, 9.17) is 16.3 Å². The number of ether oxygens (including phenoxy) is 1. The molecule has 0 atom stereocenters. The number of nitrogens with one attached hydrogen (secondary N) is 1. The zero-order valence-electron chi connectivity index (χ0n) is 15.9. The molecule has 1 aliphatic heterocycles. The summed E-state index contributed by atoms with van der Waals surface area (Å²) in [5.41, 5.74) is 1.79. The zero-order valence-corrected chi connectivity index (χ0v) is 16.6. The third-order valence-electron chi connectivity index (χ3n) is 4.50. The molecular weight excluding hydrogens is 378 g/mol. The van der Waals surface area contributed by atoms with Gasteiger partial charge in [-0.15, -0.1) is 0 Å². The van der Waals surface area contributed by atoms with Gasteiger partial charge in [0, 0.05) is 18.1 Å². The third-order valence-corrected chi connectivity index (χ3v) is 4.73. The van der Waals surface area contributed by atoms with Crippen molar-refractivity contribution in [2.24, 2.45) is 0 Å². The van der Waals surface area contributed by atoms with E-state index in [2.05, 4.69) is 29.4 Å². The van der Waals surface area contributed by atoms with Crippen molar-refractivity contribution in [1.82, 2.24) is 10.2 Å². The van der Waals surface area contributed by atoms with Crippen LogP contribution in [0.4, 0.5) is 5.69 Å². The summed E-state index contributed by atoms with van der Waals surface area (Å²) >= 11 is 6.02. The molecule has 1 aliphatic rings. The van der Waals surface area contributed by atoms with Crippen LogP contribution in [0.2, 0.25) is 5.02 Å². The standard InChI is InChI=1S/C21H24ClN3O3/c1-24(13-16-6-3-2-4-7-16)11-5-10-23-20(26)14-25-18-12-17(22)8-9-19(18)28-15-21(25)27/h2-4,6-9,12H,5,10-11,13-15H2,1H3,(H,23,26). The van der Waals surface area contributed by atoms with Gasteiger partial charge < -0.3 is 15.0 Å². The minimum absolute atomic E-state index is 0.0462. The Morgan fingerprint density at radius 2 is 2.04 bits per heavy atom. The van der Waals surface area contributed by atoms with Gasteiger partial charge in [0.2, 0.25) is 5.91 Å². The molecular formula is C21H24ClN3O3. The summed E-state index contributed by atoms with van der Waals surface area (Å²) in [6.45, 7) is 2.17. The summed E-state index contributed by atoms with van der Waals surface area (Å²) in [5, 5.41) is 3.37. The Kier molecular flexibility index (Phi) is 6.90. The molecule has 0 saturated heterocycles. The predicted molar refractivity (Wildman–Crippen MR) is 110 cm³/mol. The van der Waals surface area contributed by atoms with E-state index >= 15 is 0 Å². The number of carbonyl (C=O) groups excluding carboxylic acids is 2. The van der Waals surface area contributed by atoms with Crippen LogP contribution in [0, 0.1) is 0 Å². The highest BCUT2D eigenvalue weighted by Crippen LogP contribution is 2.34. The normalized spacial score (nSPS) is 13.2. The molecule has 0 spiro atoms. The molecule has 148 valence electrons. The quantitative estimate of drug-likeness (QED) is 0.691. The molecule has 2 amide bonds. The van der Waals surface area contributed by atoms with Crippen molar-refractivity contribution in [3.63, 3.8) is 0 Å². The molecule has 7 heteroatoms. The maximum absolute atomic E-state index is 12.3. The number of benzene rings is 2. The smallest absolute Gasteiger partial charge is 0.265 e. The van der Waals surface area contributed by atoms with Crippen molar-refractivity contribution in [2.45, 2.75) is 13.0 Å². The summed E-state index contributed by atoms with van der Waals surface area (Å²) in [7, 11) is 2.06. The van der Waals surface area contributed by atoms with Gasteiger partial charge in [0.05, 0.1) is 5.69 Å². The van der Waals surface area contributed by atoms with Crippen molar-refractivity contribution >= 4 is 29.1 Å². The van der Waals surface area contributed by atoms with Crippen LogP contribution >= 0.6 is 11.6 Å². The maximum atomic E-state index is 12.3. The molecule has 0 aliphatic carbocycles. The SMILES string of the molecule is CN(CCCNC(=O)CN1C(=O)COc2ccc(Cl)cc21)Cc1ccccc1. The van der Waals surface area contributed by atoms with Gasteiger partial charge in [0.1, 0.15) is 12.3 Å². The fourth-order valence-electron chi connectivity index (χ4n) is 3.10. The van der Waals surface area contributed by atoms with Crippen LogP contribution < -0.4 is 15.0 Å². The number of halogens is 1. The molecule has 1 N–H and O–H groups in total. The van der Waals surface area contributed by atoms with E-state index in [1.54, 1.807) is 18.2 Å². The van der Waals surface area contributed by atoms with Crippen LogP contribution in [0.3, 0.4) is 0 Å². The van der Waals surface area contributed by atoms with E-state index in [0.717, 1.165) is 19.5 Å². The average Bonchev–Trinajstić information content (AvgIpc) is 2.68. The highest BCUT2D eigenvalue weighted by Gasteiger charge is 2.27. The Morgan fingerprint density at radius 1 is 1.25 bits per heavy atom. The van der Waals surface area contributed by atoms with E-state index in [9.17, 15) is 9.59 Å². The Hall–Kier alpha value is -2.57. The van der Waals surface area contributed by atoms with Crippen LogP contribution in [-0.4, -0.2) is 50.0 Å². The fourth-order valence-corrected chi connectivity index (χ4v) is 3.27. The number of carbonyl (C=O) groups is 2. The van der Waals surface area contributed by atoms with Crippen LogP contribution in [0.5, 0.6) is 5.75 Å². The van der Waals surface area contributed by atoms with Crippen LogP contribution in [0.1, 0.15) is 12.0 Å². The topological polar surface area (TPSA) is 61.9 Å². The summed E-state index contributed by atoms with van der Waals surface area (Å²) in [6, 6.07) is 15.3. The van der Waals surface area contributed by atoms with Crippen molar-refractivity contribution in [1.29, 1.82) is 0 Å². The maximum Gasteiger partial charge on any atom is 0.265 e. The summed E-state index contributed by atoms with van der Waals surface area (Å²) in [6.07, 6.45) is 0.828. The molecule has 0 saturated carbocycles. The molecule has 28 heavy (non-hydrogen) atoms. The number of anilines is 1. The number of fused-ring (bicyclic) bond motifs is 1. The van der Waals surface area contributed by atoms with Crippen molar-refractivity contribution in [3.05, 3.63) is 59.1 Å². The average molecular weight is 402 g/mol. The van der Waals surface area contributed by atoms with Crippen LogP contribution in [-0.2, 0) is 16.1 Å². The number of nitrogens with zero attached hydrogens (tertiary/aromatic N) is 2. The minimum Gasteiger partial charge on any atom is -0.482 e. The molecule has 0 radical (unpaired) electrons. The van der Waals surface area contributed by atoms with Gasteiger partial charge in [-0.05, 0) is 43.8 Å². The third kappa shape index (κ3) is 5.47. The molecule has 0 bridgehead atoms. The molecule has 0 fully saturated rings. The molecule has 3 rings (SSSR count). The molecule has 0 unspecified atom stereocenters. The Balaban J connectivity index is 1.43. The van der Waals surface area contributed by atoms with Gasteiger partial charge >= 0.3 is 0 Å². The first kappa shape index (κ1) is 20.2. The van der Waals surface area contributed by atoms with Gasteiger partial charge in [-0.3, -0.25) is 14.5 Å². The van der Waals surface area contributed by atoms with E-state index in [1.807, 2.05) is 18.2 Å². The van der Waals surface area contributed by atoms with E-state index in [1.165, 1.54) is 10.5 Å². The highest BCUT2D eigenvalue weighted by molar-refractivity contribution is 6.31. The molecule has 1 heterocycles. The number of hydrogen-bond acceptors (Lipinski definition) is 4. The van der Waals surface area contributed by atoms with Crippen LogP contribution in [0.15, 0.2) is 48.5 Å². The van der Waals surface area contributed by atoms with Gasteiger partial charge in [-0.2, -0.15) is 0 Å². The minimum atomic E-state index is -0.257. The predicted octanol–water partition coefficient (Wildman–Crippen LogP) is 2.70. The first-order chi connectivity index (χ1) is 13.5. The monoisotopic (exact) mass is 401 g/mol. The highest BCUT2D eigenvalue weighted by atomic mass is 35.5. The van der Waals surface area contributed by atoms with Crippen molar-refractivity contribution < 1.29 is 14.3 Å². The lowest BCUT2D eigenvalue weighted by Crippen LogP contribution is -2.45. The molecule has 2 aromatic carbocycles. The van der Waals surface area contributed by atoms with E-state index in [0.29, 0.717) is 23.0 Å². The lowest BCUT2D eigenvalue weighted by atomic mass is 10.2. The lowest BCUT2D eigenvalue weighted by molar-refractivity contribution is -0.125. The Bertz CT molecular complexity index is 829. The summed E-state index contributed by atoms with van der Waals surface area (Å²) in [4.78, 5) is 28.1. The van der Waals surface area contributed by atoms with Crippen molar-refractivity contribution in [2.75, 3.05) is 38.2 Å². The molecule has 0 aromatic heterocycles. The van der Waals surface area contributed by atoms with Gasteiger partial charge in [0.25, 0.3) is 5.91 Å². The van der Waals surface area contributed by atoms with Crippen molar-refractivity contribution in [3.8, 4) is 5.75 Å². The second-order valence-corrected chi connectivity index (χ2v) is 7.24. The number of hydrogen-bond donors (Lipinski definition) is 1. The zero-order chi connectivity index (χ0) is 19.9. The number of rotatable bonds is 8. The molecule has 2 aromatic rings. The van der Waals surface area contributed by atoms with Gasteiger partial charge in [-0.25, -0.2) is 0 Å². The largest absolute Gasteiger partial charge is 0.482 e. The second kappa shape index (κ2) is 9.57. The fraction of sp³-hybridized carbons (Fsp3) is 0.333. The second-order valence-electron chi connectivity index (χ2n) is 6.81. The Labute approximate surface area is 170 Å². The number of amides is 2. The van der Waals surface area contributed by atoms with Gasteiger partial charge in [-0.1, -0.05) is 41.9 Å². The van der Waals surface area contributed by atoms with Crippen LogP contribution in [0.25, 0.3) is 0 Å². The van der Waals surface area contributed by atoms with Gasteiger partial charge in [0.15, 0.2) is 6.61 Å². The lowest BCUT2D eigenvalue weighted by Gasteiger charge is -2.29. The first-order valence-corrected chi connectivity index (χ1v) is 9.62. The summed E-state index contributed by atoms with van der Waals surface area (Å²) < 4.78 is 5.39. The molecule has 6 nitrogen and oxygen atoms in total. The summed E-state index contributed by atoms with van der Waals surface area (Å²) in [5.74, 6) is 0.0961. The first-order valence-electron chi connectivity index (χ1n) is 9.25. The van der Waals surface area contributed by atoms with E-state index < -0.39 is 0 Å². The van der Waals surface area contributed by atoms with E-state index in [-0.39, 0.29) is 25.0 Å².